The van der Waals surface area contributed by atoms with Gasteiger partial charge in [0, 0.05) is 39.3 Å². The highest BCUT2D eigenvalue weighted by atomic mass is 19.4. The van der Waals surface area contributed by atoms with Crippen molar-refractivity contribution in [1.29, 1.82) is 0 Å². The third-order valence-corrected chi connectivity index (χ3v) is 5.23. The average molecular weight is 397 g/mol. The summed E-state index contributed by atoms with van der Waals surface area (Å²) in [5, 5.41) is 10.9. The molecule has 0 bridgehead atoms. The van der Waals surface area contributed by atoms with E-state index in [1.807, 2.05) is 9.80 Å². The van der Waals surface area contributed by atoms with Crippen LogP contribution >= 0.6 is 0 Å². The Hall–Kier alpha value is -2.43. The number of likely N-dealkylation sites (tertiary alicyclic amines) is 1. The Labute approximate surface area is 159 Å². The van der Waals surface area contributed by atoms with Gasteiger partial charge in [-0.15, -0.1) is 15.3 Å². The Morgan fingerprint density at radius 3 is 2.50 bits per heavy atom. The zero-order valence-corrected chi connectivity index (χ0v) is 15.4. The fourth-order valence-corrected chi connectivity index (χ4v) is 3.74. The number of hydrogen-bond donors (Lipinski definition) is 0. The quantitative estimate of drug-likeness (QED) is 0.777. The number of carbonyl (C=O) groups excluding carboxylic acids is 1. The predicted octanol–water partition coefficient (Wildman–Crippen LogP) is 1.28. The van der Waals surface area contributed by atoms with E-state index in [1.54, 1.807) is 6.07 Å². The van der Waals surface area contributed by atoms with Gasteiger partial charge in [-0.25, -0.2) is 0 Å². The van der Waals surface area contributed by atoms with Crippen molar-refractivity contribution in [3.8, 4) is 0 Å². The molecule has 2 aliphatic rings. The van der Waals surface area contributed by atoms with Crippen molar-refractivity contribution in [2.24, 2.45) is 0 Å². The van der Waals surface area contributed by atoms with Crippen LogP contribution in [0.3, 0.4) is 0 Å². The largest absolute Gasteiger partial charge is 0.453 e. The SMILES string of the molecule is O=C(CN1CCCN(c2ccc3nnc(C(F)(F)F)n3n2)CC1)N1CCCC1. The second-order valence-corrected chi connectivity index (χ2v) is 7.19. The predicted molar refractivity (Wildman–Crippen MR) is 94.9 cm³/mol. The molecule has 0 aromatic carbocycles. The number of hydrogen-bond acceptors (Lipinski definition) is 6. The maximum atomic E-state index is 13.1. The van der Waals surface area contributed by atoms with Gasteiger partial charge in [-0.05, 0) is 31.4 Å². The molecule has 0 saturated carbocycles. The number of aromatic nitrogens is 4. The van der Waals surface area contributed by atoms with Crippen LogP contribution in [0.5, 0.6) is 0 Å². The smallest absolute Gasteiger partial charge is 0.354 e. The summed E-state index contributed by atoms with van der Waals surface area (Å²) in [5.74, 6) is -0.521. The summed E-state index contributed by atoms with van der Waals surface area (Å²) in [6.45, 7) is 4.76. The van der Waals surface area contributed by atoms with Crippen molar-refractivity contribution in [3.63, 3.8) is 0 Å². The molecule has 0 radical (unpaired) electrons. The maximum Gasteiger partial charge on any atom is 0.453 e. The Bertz CT molecular complexity index is 847. The molecule has 0 spiro atoms. The first-order valence-electron chi connectivity index (χ1n) is 9.46. The molecule has 4 rings (SSSR count). The van der Waals surface area contributed by atoms with Crippen molar-refractivity contribution >= 4 is 17.4 Å². The maximum absolute atomic E-state index is 13.1. The summed E-state index contributed by atoms with van der Waals surface area (Å²) >= 11 is 0. The minimum absolute atomic E-state index is 0.0590. The molecular weight excluding hydrogens is 375 g/mol. The van der Waals surface area contributed by atoms with Crippen molar-refractivity contribution in [1.82, 2.24) is 29.6 Å². The van der Waals surface area contributed by atoms with E-state index in [-0.39, 0.29) is 11.6 Å². The van der Waals surface area contributed by atoms with Crippen LogP contribution in [0.4, 0.5) is 19.0 Å². The minimum atomic E-state index is -4.61. The number of amides is 1. The summed E-state index contributed by atoms with van der Waals surface area (Å²) < 4.78 is 40.0. The third kappa shape index (κ3) is 3.89. The highest BCUT2D eigenvalue weighted by Gasteiger charge is 2.37. The normalized spacial score (nSPS) is 19.4. The van der Waals surface area contributed by atoms with Gasteiger partial charge in [0.25, 0.3) is 5.82 Å². The van der Waals surface area contributed by atoms with Crippen LogP contribution in [0.2, 0.25) is 0 Å². The lowest BCUT2D eigenvalue weighted by molar-refractivity contribution is -0.146. The van der Waals surface area contributed by atoms with Crippen LogP contribution in [0, 0.1) is 0 Å². The Balaban J connectivity index is 1.44. The lowest BCUT2D eigenvalue weighted by atomic mass is 10.3. The number of nitrogens with zero attached hydrogens (tertiary/aromatic N) is 7. The number of rotatable bonds is 3. The Kier molecular flexibility index (Phi) is 5.09. The summed E-state index contributed by atoms with van der Waals surface area (Å²) in [6, 6.07) is 3.15. The minimum Gasteiger partial charge on any atom is -0.354 e. The van der Waals surface area contributed by atoms with Crippen LogP contribution in [0.15, 0.2) is 12.1 Å². The van der Waals surface area contributed by atoms with E-state index in [1.165, 1.54) is 6.07 Å². The fourth-order valence-electron chi connectivity index (χ4n) is 3.74. The monoisotopic (exact) mass is 397 g/mol. The van der Waals surface area contributed by atoms with Gasteiger partial charge in [0.2, 0.25) is 5.91 Å². The molecule has 2 aromatic heterocycles. The lowest BCUT2D eigenvalue weighted by Crippen LogP contribution is -2.40. The van der Waals surface area contributed by atoms with E-state index in [4.69, 9.17) is 0 Å². The summed E-state index contributed by atoms with van der Waals surface area (Å²) in [5.41, 5.74) is 0.0590. The molecule has 2 saturated heterocycles. The van der Waals surface area contributed by atoms with E-state index in [0.717, 1.165) is 43.4 Å². The first-order chi connectivity index (χ1) is 13.4. The van der Waals surface area contributed by atoms with E-state index >= 15 is 0 Å². The van der Waals surface area contributed by atoms with E-state index in [2.05, 4.69) is 20.2 Å². The topological polar surface area (TPSA) is 69.9 Å². The molecule has 2 aliphatic heterocycles. The number of fused-ring (bicyclic) bond motifs is 1. The van der Waals surface area contributed by atoms with E-state index in [9.17, 15) is 18.0 Å². The van der Waals surface area contributed by atoms with Crippen LogP contribution in [0.1, 0.15) is 25.1 Å². The molecule has 28 heavy (non-hydrogen) atoms. The van der Waals surface area contributed by atoms with Gasteiger partial charge in [-0.3, -0.25) is 9.69 Å². The standard InChI is InChI=1S/C17H22F3N7O/c18-17(19,20)16-22-21-13-4-5-14(23-27(13)16)25-9-3-6-24(10-11-25)12-15(28)26-7-1-2-8-26/h4-5H,1-3,6-12H2. The molecule has 0 aliphatic carbocycles. The van der Waals surface area contributed by atoms with Crippen molar-refractivity contribution in [3.05, 3.63) is 18.0 Å². The zero-order valence-electron chi connectivity index (χ0n) is 15.4. The second kappa shape index (κ2) is 7.53. The number of carbonyl (C=O) groups is 1. The highest BCUT2D eigenvalue weighted by Crippen LogP contribution is 2.28. The summed E-state index contributed by atoms with van der Waals surface area (Å²) in [6.07, 6.45) is -1.68. The summed E-state index contributed by atoms with van der Waals surface area (Å²) in [4.78, 5) is 18.3. The number of anilines is 1. The summed E-state index contributed by atoms with van der Waals surface area (Å²) in [7, 11) is 0. The van der Waals surface area contributed by atoms with Crippen molar-refractivity contribution in [2.45, 2.75) is 25.4 Å². The third-order valence-electron chi connectivity index (χ3n) is 5.23. The molecular formula is C17H22F3N7O. The van der Waals surface area contributed by atoms with Gasteiger partial charge < -0.3 is 9.80 Å². The van der Waals surface area contributed by atoms with Crippen LogP contribution in [-0.2, 0) is 11.0 Å². The van der Waals surface area contributed by atoms with Gasteiger partial charge >= 0.3 is 6.18 Å². The van der Waals surface area contributed by atoms with Crippen molar-refractivity contribution in [2.75, 3.05) is 50.7 Å². The van der Waals surface area contributed by atoms with Gasteiger partial charge in [0.05, 0.1) is 6.54 Å². The highest BCUT2D eigenvalue weighted by molar-refractivity contribution is 5.78. The molecule has 0 atom stereocenters. The van der Waals surface area contributed by atoms with Gasteiger partial charge in [-0.2, -0.15) is 17.7 Å². The van der Waals surface area contributed by atoms with Gasteiger partial charge in [0.1, 0.15) is 5.82 Å². The van der Waals surface area contributed by atoms with Crippen LogP contribution in [-0.4, -0.2) is 81.3 Å². The number of alkyl halides is 3. The Morgan fingerprint density at radius 2 is 1.75 bits per heavy atom. The van der Waals surface area contributed by atoms with Gasteiger partial charge in [0.15, 0.2) is 5.65 Å². The van der Waals surface area contributed by atoms with E-state index < -0.39 is 12.0 Å². The zero-order chi connectivity index (χ0) is 19.7. The van der Waals surface area contributed by atoms with Crippen LogP contribution < -0.4 is 4.90 Å². The van der Waals surface area contributed by atoms with Crippen LogP contribution in [0.25, 0.3) is 5.65 Å². The molecule has 2 aromatic rings. The molecule has 152 valence electrons. The first-order valence-corrected chi connectivity index (χ1v) is 9.46. The molecule has 1 amide bonds. The second-order valence-electron chi connectivity index (χ2n) is 7.19. The van der Waals surface area contributed by atoms with Crippen molar-refractivity contribution < 1.29 is 18.0 Å². The van der Waals surface area contributed by atoms with Gasteiger partial charge in [-0.1, -0.05) is 0 Å². The molecule has 0 N–H and O–H groups in total. The first kappa shape index (κ1) is 18.9. The average Bonchev–Trinajstić information content (AvgIpc) is 3.28. The molecule has 4 heterocycles. The molecule has 11 heteroatoms. The fraction of sp³-hybridized carbons (Fsp3) is 0.647. The molecule has 0 unspecified atom stereocenters. The lowest BCUT2D eigenvalue weighted by Gasteiger charge is -2.24. The van der Waals surface area contributed by atoms with E-state index in [0.29, 0.717) is 32.0 Å². The number of halogens is 3. The molecule has 2 fully saturated rings. The molecule has 8 nitrogen and oxygen atoms in total. The Morgan fingerprint density at radius 1 is 0.964 bits per heavy atom.